The Morgan fingerprint density at radius 1 is 0.957 bits per heavy atom. The Labute approximate surface area is 147 Å². The van der Waals surface area contributed by atoms with Gasteiger partial charge in [-0.2, -0.15) is 0 Å². The molecule has 0 bridgehead atoms. The van der Waals surface area contributed by atoms with Gasteiger partial charge >= 0.3 is 5.97 Å². The number of hydrogen-bond acceptors (Lipinski definition) is 1. The van der Waals surface area contributed by atoms with Crippen molar-refractivity contribution < 1.29 is 27.0 Å². The van der Waals surface area contributed by atoms with Gasteiger partial charge in [0, 0.05) is 17.1 Å². The monoisotopic (exact) mass is 355 g/mol. The summed E-state index contributed by atoms with van der Waals surface area (Å²) in [5.41, 5.74) is 3.59. The van der Waals surface area contributed by atoms with Crippen LogP contribution in [0.5, 0.6) is 0 Å². The maximum atomic E-state index is 11.7. The molecule has 23 heavy (non-hydrogen) atoms. The molecule has 0 atom stereocenters. The van der Waals surface area contributed by atoms with E-state index in [0.717, 1.165) is 27.3 Å². The van der Waals surface area contributed by atoms with Gasteiger partial charge in [0.25, 0.3) is 0 Å². The maximum Gasteiger partial charge on any atom is 0.336 e. The van der Waals surface area contributed by atoms with E-state index >= 15 is 0 Å². The SMILES string of the molecule is Cc1cc2c(ccc3cc(C(C)C)ccc32)c(C(=O)O)c1C.[Cu]. The molecular formula is C20H20CuO2. The summed E-state index contributed by atoms with van der Waals surface area (Å²) >= 11 is 0. The minimum atomic E-state index is -0.857. The van der Waals surface area contributed by atoms with Crippen LogP contribution in [0, 0.1) is 13.8 Å². The molecule has 1 N–H and O–H groups in total. The molecule has 0 unspecified atom stereocenters. The number of aryl methyl sites for hydroxylation is 1. The summed E-state index contributed by atoms with van der Waals surface area (Å²) in [7, 11) is 0. The molecule has 0 amide bonds. The molecule has 0 saturated carbocycles. The van der Waals surface area contributed by atoms with Crippen LogP contribution < -0.4 is 0 Å². The van der Waals surface area contributed by atoms with Gasteiger partial charge in [-0.05, 0) is 58.0 Å². The molecule has 0 aliphatic rings. The molecule has 3 rings (SSSR count). The van der Waals surface area contributed by atoms with E-state index < -0.39 is 5.97 Å². The van der Waals surface area contributed by atoms with Gasteiger partial charge in [-0.15, -0.1) is 0 Å². The van der Waals surface area contributed by atoms with Crippen LogP contribution in [0.3, 0.4) is 0 Å². The average molecular weight is 356 g/mol. The number of carboxylic acid groups (broad SMARTS) is 1. The Morgan fingerprint density at radius 2 is 1.61 bits per heavy atom. The zero-order valence-electron chi connectivity index (χ0n) is 13.7. The number of fused-ring (bicyclic) bond motifs is 3. The number of carbonyl (C=O) groups is 1. The molecule has 1 radical (unpaired) electrons. The molecule has 0 saturated heterocycles. The predicted molar refractivity (Wildman–Crippen MR) is 92.0 cm³/mol. The van der Waals surface area contributed by atoms with Crippen molar-refractivity contribution >= 4 is 27.5 Å². The standard InChI is InChI=1S/C20H20O2.Cu/c1-11(2)14-5-7-16-15(10-14)6-8-17-18(16)9-12(3)13(4)19(17)20(21)22;/h5-11H,1-4H3,(H,21,22);. The van der Waals surface area contributed by atoms with Gasteiger partial charge in [0.1, 0.15) is 0 Å². The average Bonchev–Trinajstić information content (AvgIpc) is 2.47. The molecule has 0 heterocycles. The summed E-state index contributed by atoms with van der Waals surface area (Å²) in [6, 6.07) is 12.5. The molecule has 3 aromatic rings. The van der Waals surface area contributed by atoms with Crippen molar-refractivity contribution in [1.82, 2.24) is 0 Å². The van der Waals surface area contributed by atoms with Gasteiger partial charge < -0.3 is 5.11 Å². The Balaban J connectivity index is 0.00000192. The van der Waals surface area contributed by atoms with Crippen LogP contribution in [0.15, 0.2) is 36.4 Å². The fourth-order valence-electron chi connectivity index (χ4n) is 3.10. The summed E-state index contributed by atoms with van der Waals surface area (Å²) in [6.07, 6.45) is 0. The first-order chi connectivity index (χ1) is 10.4. The van der Waals surface area contributed by atoms with E-state index in [1.807, 2.05) is 26.0 Å². The van der Waals surface area contributed by atoms with E-state index in [4.69, 9.17) is 0 Å². The molecule has 0 aliphatic heterocycles. The predicted octanol–water partition coefficient (Wildman–Crippen LogP) is 5.43. The van der Waals surface area contributed by atoms with Crippen LogP contribution >= 0.6 is 0 Å². The molecule has 0 aromatic heterocycles. The Hall–Kier alpha value is -1.83. The fourth-order valence-corrected chi connectivity index (χ4v) is 3.10. The van der Waals surface area contributed by atoms with E-state index in [0.29, 0.717) is 11.5 Å². The molecule has 3 aromatic carbocycles. The van der Waals surface area contributed by atoms with Crippen molar-refractivity contribution in [2.24, 2.45) is 0 Å². The quantitative estimate of drug-likeness (QED) is 0.491. The van der Waals surface area contributed by atoms with Crippen molar-refractivity contribution in [2.75, 3.05) is 0 Å². The number of carboxylic acids is 1. The first kappa shape index (κ1) is 17.5. The van der Waals surface area contributed by atoms with Gasteiger partial charge in [0.05, 0.1) is 5.56 Å². The van der Waals surface area contributed by atoms with E-state index in [1.165, 1.54) is 10.9 Å². The third-order valence-electron chi connectivity index (χ3n) is 4.56. The first-order valence-corrected chi connectivity index (χ1v) is 7.60. The number of hydrogen-bond donors (Lipinski definition) is 1. The smallest absolute Gasteiger partial charge is 0.336 e. The Kier molecular flexibility index (Phi) is 4.84. The van der Waals surface area contributed by atoms with Crippen molar-refractivity contribution in [2.45, 2.75) is 33.6 Å². The largest absolute Gasteiger partial charge is 0.478 e. The molecule has 0 spiro atoms. The second-order valence-electron chi connectivity index (χ2n) is 6.29. The van der Waals surface area contributed by atoms with Gasteiger partial charge in [0.15, 0.2) is 0 Å². The van der Waals surface area contributed by atoms with Crippen molar-refractivity contribution in [3.63, 3.8) is 0 Å². The minimum Gasteiger partial charge on any atom is -0.478 e. The van der Waals surface area contributed by atoms with Gasteiger partial charge in [0.2, 0.25) is 0 Å². The van der Waals surface area contributed by atoms with Crippen LogP contribution in [-0.4, -0.2) is 11.1 Å². The summed E-state index contributed by atoms with van der Waals surface area (Å²) in [6.45, 7) is 8.21. The Morgan fingerprint density at radius 3 is 2.22 bits per heavy atom. The molecule has 0 fully saturated rings. The second-order valence-corrected chi connectivity index (χ2v) is 6.29. The number of aromatic carboxylic acids is 1. The van der Waals surface area contributed by atoms with Crippen LogP contribution in [0.1, 0.15) is 46.8 Å². The maximum absolute atomic E-state index is 11.7. The third kappa shape index (κ3) is 2.87. The molecule has 2 nitrogen and oxygen atoms in total. The van der Waals surface area contributed by atoms with E-state index in [2.05, 4.69) is 38.1 Å². The second kappa shape index (κ2) is 6.35. The number of rotatable bonds is 2. The van der Waals surface area contributed by atoms with E-state index in [9.17, 15) is 9.90 Å². The fraction of sp³-hybridized carbons (Fsp3) is 0.250. The first-order valence-electron chi connectivity index (χ1n) is 7.60. The zero-order valence-corrected chi connectivity index (χ0v) is 14.6. The van der Waals surface area contributed by atoms with E-state index in [1.54, 1.807) is 0 Å². The summed E-state index contributed by atoms with van der Waals surface area (Å²) in [5, 5.41) is 13.7. The summed E-state index contributed by atoms with van der Waals surface area (Å²) in [4.78, 5) is 11.7. The summed E-state index contributed by atoms with van der Waals surface area (Å²) < 4.78 is 0. The minimum absolute atomic E-state index is 0. The molecule has 123 valence electrons. The van der Waals surface area contributed by atoms with Gasteiger partial charge in [-0.3, -0.25) is 0 Å². The van der Waals surface area contributed by atoms with E-state index in [-0.39, 0.29) is 17.1 Å². The Bertz CT molecular complexity index is 911. The van der Waals surface area contributed by atoms with Crippen LogP contribution in [0.4, 0.5) is 0 Å². The third-order valence-corrected chi connectivity index (χ3v) is 4.56. The van der Waals surface area contributed by atoms with Crippen LogP contribution in [0.25, 0.3) is 21.5 Å². The van der Waals surface area contributed by atoms with Gasteiger partial charge in [-0.1, -0.05) is 50.2 Å². The van der Waals surface area contributed by atoms with Crippen molar-refractivity contribution in [3.8, 4) is 0 Å². The van der Waals surface area contributed by atoms with Crippen LogP contribution in [-0.2, 0) is 17.1 Å². The van der Waals surface area contributed by atoms with Gasteiger partial charge in [-0.25, -0.2) is 4.79 Å². The normalized spacial score (nSPS) is 11.0. The zero-order chi connectivity index (χ0) is 16.0. The van der Waals surface area contributed by atoms with Crippen molar-refractivity contribution in [3.05, 3.63) is 58.7 Å². The molecule has 3 heteroatoms. The molecular weight excluding hydrogens is 336 g/mol. The number of benzene rings is 3. The molecule has 0 aliphatic carbocycles. The summed E-state index contributed by atoms with van der Waals surface area (Å²) in [5.74, 6) is -0.376. The van der Waals surface area contributed by atoms with Crippen LogP contribution in [0.2, 0.25) is 0 Å². The van der Waals surface area contributed by atoms with Crippen molar-refractivity contribution in [1.29, 1.82) is 0 Å². The topological polar surface area (TPSA) is 37.3 Å².